The number of methoxy groups -OCH3 is 1. The molecule has 0 atom stereocenters. The molecule has 0 saturated heterocycles. The first-order valence-electron chi connectivity index (χ1n) is 5.59. The number of hydrogen-bond donors (Lipinski definition) is 2. The maximum Gasteiger partial charge on any atom is 0.226 e. The van der Waals surface area contributed by atoms with E-state index in [1.54, 1.807) is 12.5 Å². The van der Waals surface area contributed by atoms with Gasteiger partial charge in [0.25, 0.3) is 0 Å². The molecule has 0 aliphatic heterocycles. The second kappa shape index (κ2) is 7.78. The molecule has 0 aromatic carbocycles. The molecule has 1 aromatic rings. The Kier molecular flexibility index (Phi) is 6.31. The topological polar surface area (TPSA) is 80.3 Å². The first-order valence-corrected chi connectivity index (χ1v) is 6.47. The molecule has 2 N–H and O–H groups in total. The molecule has 1 heterocycles. The van der Waals surface area contributed by atoms with Crippen LogP contribution in [0.3, 0.4) is 0 Å². The van der Waals surface area contributed by atoms with Gasteiger partial charge in [0.2, 0.25) is 11.8 Å². The van der Waals surface area contributed by atoms with Crippen molar-refractivity contribution in [1.29, 1.82) is 0 Å². The fraction of sp³-hybridized carbons (Fsp3) is 0.545. The second-order valence-corrected chi connectivity index (χ2v) is 4.56. The van der Waals surface area contributed by atoms with E-state index in [1.165, 1.54) is 18.3 Å². The predicted octanol–water partition coefficient (Wildman–Crippen LogP) is 0.797. The molecule has 0 saturated carbocycles. The number of rotatable bonds is 7. The van der Waals surface area contributed by atoms with Crippen LogP contribution < -0.4 is 10.6 Å². The van der Waals surface area contributed by atoms with Gasteiger partial charge in [0.1, 0.15) is 0 Å². The number of carbonyl (C=O) groups is 2. The highest BCUT2D eigenvalue weighted by atomic mass is 32.1. The van der Waals surface area contributed by atoms with E-state index >= 15 is 0 Å². The monoisotopic (exact) mass is 271 g/mol. The van der Waals surface area contributed by atoms with E-state index in [2.05, 4.69) is 15.6 Å². The van der Waals surface area contributed by atoms with E-state index in [9.17, 15) is 9.59 Å². The highest BCUT2D eigenvalue weighted by Gasteiger charge is 2.07. The lowest BCUT2D eigenvalue weighted by Crippen LogP contribution is -2.26. The summed E-state index contributed by atoms with van der Waals surface area (Å²) in [4.78, 5) is 26.5. The van der Waals surface area contributed by atoms with Gasteiger partial charge in [-0.1, -0.05) is 0 Å². The van der Waals surface area contributed by atoms with Gasteiger partial charge in [-0.25, -0.2) is 4.98 Å². The summed E-state index contributed by atoms with van der Waals surface area (Å²) >= 11 is 1.31. The molecule has 0 fully saturated rings. The lowest BCUT2D eigenvalue weighted by atomic mass is 10.3. The molecular weight excluding hydrogens is 254 g/mol. The lowest BCUT2D eigenvalue weighted by molar-refractivity contribution is -0.120. The minimum atomic E-state index is -0.167. The van der Waals surface area contributed by atoms with Crippen molar-refractivity contribution >= 4 is 28.3 Å². The van der Waals surface area contributed by atoms with Crippen molar-refractivity contribution < 1.29 is 14.3 Å². The quantitative estimate of drug-likeness (QED) is 0.719. The lowest BCUT2D eigenvalue weighted by Gasteiger charge is -2.03. The Bertz CT molecular complexity index is 406. The summed E-state index contributed by atoms with van der Waals surface area (Å²) in [5.74, 6) is -0.245. The Morgan fingerprint density at radius 2 is 2.28 bits per heavy atom. The Balaban J connectivity index is 2.31. The van der Waals surface area contributed by atoms with Gasteiger partial charge >= 0.3 is 0 Å². The van der Waals surface area contributed by atoms with Crippen LogP contribution in [-0.2, 0) is 20.7 Å². The fourth-order valence-corrected chi connectivity index (χ4v) is 2.02. The summed E-state index contributed by atoms with van der Waals surface area (Å²) in [6, 6.07) is 0. The van der Waals surface area contributed by atoms with Crippen LogP contribution in [0.4, 0.5) is 5.13 Å². The zero-order valence-electron chi connectivity index (χ0n) is 10.5. The number of nitrogens with one attached hydrogen (secondary N) is 2. The van der Waals surface area contributed by atoms with Crippen LogP contribution in [0.1, 0.15) is 19.0 Å². The van der Waals surface area contributed by atoms with Crippen LogP contribution in [0.25, 0.3) is 0 Å². The summed E-state index contributed by atoms with van der Waals surface area (Å²) in [6.07, 6.45) is 1.01. The van der Waals surface area contributed by atoms with Gasteiger partial charge in [0.15, 0.2) is 5.13 Å². The predicted molar refractivity (Wildman–Crippen MR) is 69.6 cm³/mol. The average molecular weight is 271 g/mol. The summed E-state index contributed by atoms with van der Waals surface area (Å²) in [5, 5.41) is 7.64. The third-order valence-corrected chi connectivity index (χ3v) is 2.83. The largest absolute Gasteiger partial charge is 0.385 e. The standard InChI is InChI=1S/C11H17N3O3S/c1-8(15)13-11-14-9(7-18-11)6-10(16)12-4-3-5-17-2/h7H,3-6H2,1-2H3,(H,12,16)(H,13,14,15). The van der Waals surface area contributed by atoms with Crippen LogP contribution in [0.5, 0.6) is 0 Å². The Morgan fingerprint density at radius 1 is 1.50 bits per heavy atom. The van der Waals surface area contributed by atoms with Crippen molar-refractivity contribution in [2.24, 2.45) is 0 Å². The maximum atomic E-state index is 11.5. The van der Waals surface area contributed by atoms with Crippen molar-refractivity contribution in [1.82, 2.24) is 10.3 Å². The van der Waals surface area contributed by atoms with Gasteiger partial charge in [-0.2, -0.15) is 0 Å². The molecule has 0 bridgehead atoms. The molecule has 0 unspecified atom stereocenters. The van der Waals surface area contributed by atoms with E-state index in [4.69, 9.17) is 4.74 Å². The van der Waals surface area contributed by atoms with Crippen molar-refractivity contribution in [2.75, 3.05) is 25.6 Å². The number of amides is 2. The van der Waals surface area contributed by atoms with Crippen molar-refractivity contribution in [3.05, 3.63) is 11.1 Å². The first-order chi connectivity index (χ1) is 8.61. The van der Waals surface area contributed by atoms with Crippen LogP contribution in [0.15, 0.2) is 5.38 Å². The van der Waals surface area contributed by atoms with Gasteiger partial charge in [0.05, 0.1) is 12.1 Å². The third-order valence-electron chi connectivity index (χ3n) is 2.02. The second-order valence-electron chi connectivity index (χ2n) is 3.70. The molecule has 0 aliphatic rings. The van der Waals surface area contributed by atoms with Crippen molar-refractivity contribution in [3.8, 4) is 0 Å². The highest BCUT2D eigenvalue weighted by molar-refractivity contribution is 7.13. The molecule has 2 amide bonds. The normalized spacial score (nSPS) is 10.1. The molecule has 18 heavy (non-hydrogen) atoms. The Morgan fingerprint density at radius 3 is 2.94 bits per heavy atom. The molecule has 100 valence electrons. The molecule has 1 rings (SSSR count). The fourth-order valence-electron chi connectivity index (χ4n) is 1.27. The Hall–Kier alpha value is -1.47. The molecule has 1 aromatic heterocycles. The average Bonchev–Trinajstić information content (AvgIpc) is 2.71. The van der Waals surface area contributed by atoms with Crippen LogP contribution in [-0.4, -0.2) is 37.1 Å². The van der Waals surface area contributed by atoms with E-state index in [1.807, 2.05) is 0 Å². The van der Waals surface area contributed by atoms with E-state index in [0.717, 1.165) is 6.42 Å². The van der Waals surface area contributed by atoms with E-state index in [-0.39, 0.29) is 18.2 Å². The first kappa shape index (κ1) is 14.6. The zero-order valence-corrected chi connectivity index (χ0v) is 11.3. The van der Waals surface area contributed by atoms with Crippen molar-refractivity contribution in [2.45, 2.75) is 19.8 Å². The number of hydrogen-bond acceptors (Lipinski definition) is 5. The van der Waals surface area contributed by atoms with Crippen LogP contribution >= 0.6 is 11.3 Å². The highest BCUT2D eigenvalue weighted by Crippen LogP contribution is 2.15. The third kappa shape index (κ3) is 5.74. The number of carbonyl (C=O) groups excluding carboxylic acids is 2. The number of aromatic nitrogens is 1. The number of ether oxygens (including phenoxy) is 1. The number of thiazole rings is 1. The molecule has 6 nitrogen and oxygen atoms in total. The maximum absolute atomic E-state index is 11.5. The van der Waals surface area contributed by atoms with Crippen LogP contribution in [0, 0.1) is 0 Å². The Labute approximate surface area is 110 Å². The summed E-state index contributed by atoms with van der Waals surface area (Å²) < 4.78 is 4.88. The summed E-state index contributed by atoms with van der Waals surface area (Å²) in [5.41, 5.74) is 0.660. The van der Waals surface area contributed by atoms with Crippen LogP contribution in [0.2, 0.25) is 0 Å². The molecule has 0 radical (unpaired) electrons. The molecule has 7 heteroatoms. The zero-order chi connectivity index (χ0) is 13.4. The summed E-state index contributed by atoms with van der Waals surface area (Å²) in [6.45, 7) is 2.64. The van der Waals surface area contributed by atoms with Gasteiger partial charge in [-0.3, -0.25) is 9.59 Å². The van der Waals surface area contributed by atoms with Crippen molar-refractivity contribution in [3.63, 3.8) is 0 Å². The minimum absolute atomic E-state index is 0.0780. The van der Waals surface area contributed by atoms with Gasteiger partial charge < -0.3 is 15.4 Å². The number of nitrogens with zero attached hydrogens (tertiary/aromatic N) is 1. The van der Waals surface area contributed by atoms with E-state index < -0.39 is 0 Å². The minimum Gasteiger partial charge on any atom is -0.385 e. The summed E-state index contributed by atoms with van der Waals surface area (Å²) in [7, 11) is 1.63. The van der Waals surface area contributed by atoms with E-state index in [0.29, 0.717) is 24.0 Å². The molecular formula is C11H17N3O3S. The molecule has 0 spiro atoms. The molecule has 0 aliphatic carbocycles. The number of anilines is 1. The smallest absolute Gasteiger partial charge is 0.226 e. The van der Waals surface area contributed by atoms with Gasteiger partial charge in [0, 0.05) is 32.6 Å². The van der Waals surface area contributed by atoms with Gasteiger partial charge in [-0.15, -0.1) is 11.3 Å². The SMILES string of the molecule is COCCCNC(=O)Cc1csc(NC(C)=O)n1. The van der Waals surface area contributed by atoms with Gasteiger partial charge in [-0.05, 0) is 6.42 Å².